The van der Waals surface area contributed by atoms with Gasteiger partial charge in [0.05, 0.1) is 17.2 Å². The number of nitrogens with two attached hydrogens (primary N) is 1. The summed E-state index contributed by atoms with van der Waals surface area (Å²) >= 11 is 2.64. The molecule has 0 radical (unpaired) electrons. The second kappa shape index (κ2) is 9.01. The number of nitrogens with one attached hydrogen (secondary N) is 1. The number of hydrogen-bond acceptors (Lipinski definition) is 6. The summed E-state index contributed by atoms with van der Waals surface area (Å²) in [5.41, 5.74) is 7.98. The molecule has 1 atom stereocenters. The number of thioether (sulfide) groups is 1. The molecule has 158 valence electrons. The topological polar surface area (TPSA) is 107 Å². The predicted octanol–water partition coefficient (Wildman–Crippen LogP) is 3.36. The van der Waals surface area contributed by atoms with Gasteiger partial charge in [0, 0.05) is 4.88 Å². The van der Waals surface area contributed by atoms with E-state index in [9.17, 15) is 14.4 Å². The Hall–Kier alpha value is -2.65. The fourth-order valence-corrected chi connectivity index (χ4v) is 5.19. The Labute approximate surface area is 182 Å². The third kappa shape index (κ3) is 4.57. The van der Waals surface area contributed by atoms with Crippen LogP contribution in [0.1, 0.15) is 35.4 Å². The van der Waals surface area contributed by atoms with Crippen molar-refractivity contribution in [2.75, 3.05) is 0 Å². The van der Waals surface area contributed by atoms with Gasteiger partial charge in [-0.25, -0.2) is 9.78 Å². The first-order valence-electron chi connectivity index (χ1n) is 9.56. The fourth-order valence-electron chi connectivity index (χ4n) is 3.12. The molecule has 0 aliphatic carbocycles. The minimum absolute atomic E-state index is 0.126. The molecule has 3 rings (SSSR count). The number of carbonyl (C=O) groups excluding carboxylic acids is 2. The van der Waals surface area contributed by atoms with E-state index in [1.54, 1.807) is 11.5 Å². The predicted molar refractivity (Wildman–Crippen MR) is 121 cm³/mol. The number of thiophene rings is 1. The Morgan fingerprint density at radius 3 is 2.53 bits per heavy atom. The van der Waals surface area contributed by atoms with Crippen LogP contribution in [0.4, 0.5) is 4.79 Å². The molecule has 0 saturated carbocycles. The number of benzene rings is 1. The van der Waals surface area contributed by atoms with Crippen molar-refractivity contribution in [3.8, 4) is 0 Å². The zero-order valence-corrected chi connectivity index (χ0v) is 18.9. The largest absolute Gasteiger partial charge is 0.351 e. The molecule has 2 heterocycles. The van der Waals surface area contributed by atoms with E-state index in [4.69, 9.17) is 10.7 Å². The molecule has 0 spiro atoms. The van der Waals surface area contributed by atoms with E-state index in [1.165, 1.54) is 11.3 Å². The molecule has 2 aromatic heterocycles. The van der Waals surface area contributed by atoms with Gasteiger partial charge < -0.3 is 5.73 Å². The number of aromatic nitrogens is 2. The van der Waals surface area contributed by atoms with E-state index in [0.717, 1.165) is 39.8 Å². The second-order valence-electron chi connectivity index (χ2n) is 7.07. The maximum atomic E-state index is 13.4. The lowest BCUT2D eigenvalue weighted by atomic mass is 10.1. The molecule has 0 unspecified atom stereocenters. The van der Waals surface area contributed by atoms with Gasteiger partial charge in [-0.2, -0.15) is 0 Å². The quantitative estimate of drug-likeness (QED) is 0.448. The van der Waals surface area contributed by atoms with Crippen molar-refractivity contribution in [1.82, 2.24) is 14.9 Å². The highest BCUT2D eigenvalue weighted by Crippen LogP contribution is 2.31. The monoisotopic (exact) mass is 444 g/mol. The van der Waals surface area contributed by atoms with Crippen molar-refractivity contribution >= 4 is 45.3 Å². The van der Waals surface area contributed by atoms with Gasteiger partial charge in [-0.15, -0.1) is 11.3 Å². The van der Waals surface area contributed by atoms with Crippen LogP contribution in [-0.4, -0.2) is 26.7 Å². The van der Waals surface area contributed by atoms with Gasteiger partial charge in [-0.1, -0.05) is 48.5 Å². The van der Waals surface area contributed by atoms with Crippen molar-refractivity contribution in [1.29, 1.82) is 0 Å². The van der Waals surface area contributed by atoms with E-state index in [0.29, 0.717) is 21.9 Å². The number of imide groups is 1. The lowest BCUT2D eigenvalue weighted by Crippen LogP contribution is -2.39. The van der Waals surface area contributed by atoms with Crippen LogP contribution in [0.2, 0.25) is 0 Å². The molecule has 0 saturated heterocycles. The molecule has 7 nitrogen and oxygen atoms in total. The molecular formula is C21H24N4O3S2. The van der Waals surface area contributed by atoms with E-state index in [2.05, 4.69) is 12.2 Å². The summed E-state index contributed by atoms with van der Waals surface area (Å²) in [7, 11) is 0. The lowest BCUT2D eigenvalue weighted by molar-refractivity contribution is -0.119. The Kier molecular flexibility index (Phi) is 6.62. The summed E-state index contributed by atoms with van der Waals surface area (Å²) < 4.78 is 1.60. The summed E-state index contributed by atoms with van der Waals surface area (Å²) in [6.45, 7) is 7.99. The number of nitrogens with zero attached hydrogens (tertiary/aromatic N) is 2. The zero-order valence-electron chi connectivity index (χ0n) is 17.3. The van der Waals surface area contributed by atoms with Crippen molar-refractivity contribution in [3.63, 3.8) is 0 Å². The molecule has 0 aliphatic rings. The van der Waals surface area contributed by atoms with Crippen LogP contribution in [0, 0.1) is 13.8 Å². The summed E-state index contributed by atoms with van der Waals surface area (Å²) in [4.78, 5) is 43.1. The van der Waals surface area contributed by atoms with Gasteiger partial charge in [0.25, 0.3) is 5.56 Å². The number of rotatable bonds is 6. The Balaban J connectivity index is 2.10. The highest BCUT2D eigenvalue weighted by molar-refractivity contribution is 8.00. The SMILES string of the molecule is CCc1sc2nc(S[C@H](C)C(=O)NC(N)=O)n(Cc3ccc(C)cc3)c(=O)c2c1C. The Bertz CT molecular complexity index is 1170. The van der Waals surface area contributed by atoms with Gasteiger partial charge >= 0.3 is 6.03 Å². The van der Waals surface area contributed by atoms with Crippen molar-refractivity contribution in [2.45, 2.75) is 51.1 Å². The van der Waals surface area contributed by atoms with Gasteiger partial charge in [0.2, 0.25) is 5.91 Å². The van der Waals surface area contributed by atoms with Crippen molar-refractivity contribution in [2.24, 2.45) is 5.73 Å². The highest BCUT2D eigenvalue weighted by Gasteiger charge is 2.22. The number of urea groups is 1. The number of aryl methyl sites for hydroxylation is 3. The first-order chi connectivity index (χ1) is 14.2. The zero-order chi connectivity index (χ0) is 22.0. The van der Waals surface area contributed by atoms with Crippen LogP contribution in [0.25, 0.3) is 10.2 Å². The maximum absolute atomic E-state index is 13.4. The Morgan fingerprint density at radius 2 is 1.93 bits per heavy atom. The third-order valence-electron chi connectivity index (χ3n) is 4.79. The summed E-state index contributed by atoms with van der Waals surface area (Å²) in [6, 6.07) is 7.03. The number of fused-ring (bicyclic) bond motifs is 1. The van der Waals surface area contributed by atoms with Gasteiger partial charge in [0.1, 0.15) is 4.83 Å². The minimum atomic E-state index is -0.908. The standard InChI is InChI=1S/C21H24N4O3S2/c1-5-15-12(3)16-18(30-15)24-21(29-13(4)17(26)23-20(22)28)25(19(16)27)10-14-8-6-11(2)7-9-14/h6-9,13H,5,10H2,1-4H3,(H3,22,23,26,28)/t13-/m1/s1. The first-order valence-corrected chi connectivity index (χ1v) is 11.3. The molecule has 1 aromatic carbocycles. The van der Waals surface area contributed by atoms with E-state index >= 15 is 0 Å². The van der Waals surface area contributed by atoms with Crippen LogP contribution >= 0.6 is 23.1 Å². The van der Waals surface area contributed by atoms with E-state index in [-0.39, 0.29) is 5.56 Å². The summed E-state index contributed by atoms with van der Waals surface area (Å²) in [5.74, 6) is -0.527. The molecule has 30 heavy (non-hydrogen) atoms. The van der Waals surface area contributed by atoms with Gasteiger partial charge in [-0.3, -0.25) is 19.5 Å². The van der Waals surface area contributed by atoms with Crippen LogP contribution < -0.4 is 16.6 Å². The molecule has 3 N–H and O–H groups in total. The second-order valence-corrected chi connectivity index (χ2v) is 9.46. The molecule has 3 aromatic rings. The maximum Gasteiger partial charge on any atom is 0.318 e. The number of primary amides is 1. The average Bonchev–Trinajstić information content (AvgIpc) is 3.01. The molecule has 3 amide bonds. The number of carbonyl (C=O) groups is 2. The van der Waals surface area contributed by atoms with Gasteiger partial charge in [0.15, 0.2) is 5.16 Å². The molecule has 9 heteroatoms. The average molecular weight is 445 g/mol. The summed E-state index contributed by atoms with van der Waals surface area (Å²) in [5, 5.41) is 2.49. The molecular weight excluding hydrogens is 420 g/mol. The number of amides is 3. The highest BCUT2D eigenvalue weighted by atomic mass is 32.2. The van der Waals surface area contributed by atoms with Crippen LogP contribution in [0.5, 0.6) is 0 Å². The van der Waals surface area contributed by atoms with Crippen molar-refractivity contribution < 1.29 is 9.59 Å². The third-order valence-corrected chi connectivity index (χ3v) is 7.21. The first kappa shape index (κ1) is 22.0. The number of hydrogen-bond donors (Lipinski definition) is 2. The van der Waals surface area contributed by atoms with Crippen molar-refractivity contribution in [3.05, 3.63) is 56.2 Å². The van der Waals surface area contributed by atoms with Crippen LogP contribution in [0.3, 0.4) is 0 Å². The normalized spacial score (nSPS) is 12.1. The van der Waals surface area contributed by atoms with Crippen LogP contribution in [-0.2, 0) is 17.8 Å². The summed E-state index contributed by atoms with van der Waals surface area (Å²) in [6.07, 6.45) is 0.824. The smallest absolute Gasteiger partial charge is 0.318 e. The Morgan fingerprint density at radius 1 is 1.27 bits per heavy atom. The van der Waals surface area contributed by atoms with E-state index in [1.807, 2.05) is 38.1 Å². The lowest BCUT2D eigenvalue weighted by Gasteiger charge is -2.15. The van der Waals surface area contributed by atoms with Crippen LogP contribution in [0.15, 0.2) is 34.2 Å². The minimum Gasteiger partial charge on any atom is -0.351 e. The molecule has 0 bridgehead atoms. The molecule has 0 fully saturated rings. The van der Waals surface area contributed by atoms with Gasteiger partial charge in [-0.05, 0) is 38.3 Å². The van der Waals surface area contributed by atoms with E-state index < -0.39 is 17.2 Å². The molecule has 0 aliphatic heterocycles. The fraction of sp³-hybridized carbons (Fsp3) is 0.333.